The fourth-order valence-corrected chi connectivity index (χ4v) is 0.960. The van der Waals surface area contributed by atoms with Crippen molar-refractivity contribution in [1.29, 1.82) is 0 Å². The maximum Gasteiger partial charge on any atom is 0.305 e. The van der Waals surface area contributed by atoms with E-state index < -0.39 is 5.97 Å². The molecule has 0 amide bonds. The highest BCUT2D eigenvalue weighted by Crippen LogP contribution is 1.97. The van der Waals surface area contributed by atoms with E-state index in [1.807, 2.05) is 25.3 Å². The molecule has 0 unspecified atom stereocenters. The van der Waals surface area contributed by atoms with Crippen molar-refractivity contribution in [2.45, 2.75) is 13.3 Å². The van der Waals surface area contributed by atoms with Crippen molar-refractivity contribution < 1.29 is 9.90 Å². The lowest BCUT2D eigenvalue weighted by molar-refractivity contribution is -0.136. The molecule has 1 aromatic rings. The van der Waals surface area contributed by atoms with Gasteiger partial charge in [0.1, 0.15) is 0 Å². The Balaban J connectivity index is 2.48. The first-order chi connectivity index (χ1) is 6.20. The molecule has 0 aliphatic carbocycles. The molecule has 2 N–H and O–H groups in total. The molecule has 4 nitrogen and oxygen atoms in total. The Hall–Kier alpha value is -1.58. The van der Waals surface area contributed by atoms with Gasteiger partial charge in [0, 0.05) is 12.7 Å². The van der Waals surface area contributed by atoms with Crippen molar-refractivity contribution in [3.05, 3.63) is 24.0 Å². The third-order valence-corrected chi connectivity index (χ3v) is 1.66. The predicted molar refractivity (Wildman–Crippen MR) is 50.1 cm³/mol. The summed E-state index contributed by atoms with van der Waals surface area (Å²) in [6.07, 6.45) is 1.89. The molecule has 0 fully saturated rings. The lowest BCUT2D eigenvalue weighted by Crippen LogP contribution is -2.01. The molecule has 0 aromatic carbocycles. The quantitative estimate of drug-likeness (QED) is 0.686. The second-order valence-corrected chi connectivity index (χ2v) is 2.69. The number of carboxylic acid groups (broad SMARTS) is 1. The summed E-state index contributed by atoms with van der Waals surface area (Å²) in [5, 5.41) is 8.38. The molecule has 13 heavy (non-hydrogen) atoms. The van der Waals surface area contributed by atoms with Crippen LogP contribution in [0.15, 0.2) is 23.3 Å². The van der Waals surface area contributed by atoms with Gasteiger partial charge in [0.25, 0.3) is 0 Å². The fraction of sp³-hybridized carbons (Fsp3) is 0.333. The van der Waals surface area contributed by atoms with Crippen molar-refractivity contribution in [3.63, 3.8) is 0 Å². The number of carbonyl (C=O) groups is 1. The molecule has 1 heterocycles. The topological polar surface area (TPSA) is 65.4 Å². The number of rotatable bonds is 4. The molecular weight excluding hydrogens is 168 g/mol. The standard InChI is InChI=1S/C9H12N2O2/c1-7(8-3-2-5-11-8)10-6-4-9(12)13/h2-3,5,11H,4,6H2,1H3,(H,12,13). The molecular formula is C9H12N2O2. The summed E-state index contributed by atoms with van der Waals surface area (Å²) in [4.78, 5) is 17.3. The Morgan fingerprint density at radius 3 is 3.00 bits per heavy atom. The number of hydrogen-bond donors (Lipinski definition) is 2. The Bertz CT molecular complexity index is 301. The molecule has 1 rings (SSSR count). The van der Waals surface area contributed by atoms with E-state index in [0.29, 0.717) is 6.54 Å². The second kappa shape index (κ2) is 4.45. The predicted octanol–water partition coefficient (Wildman–Crippen LogP) is 1.30. The van der Waals surface area contributed by atoms with Crippen LogP contribution in [-0.4, -0.2) is 28.3 Å². The zero-order valence-corrected chi connectivity index (χ0v) is 7.45. The van der Waals surface area contributed by atoms with Gasteiger partial charge in [0.05, 0.1) is 17.8 Å². The van der Waals surface area contributed by atoms with Gasteiger partial charge in [-0.2, -0.15) is 0 Å². The number of aliphatic imine (C=N–C) groups is 1. The van der Waals surface area contributed by atoms with Crippen LogP contribution >= 0.6 is 0 Å². The van der Waals surface area contributed by atoms with E-state index in [4.69, 9.17) is 5.11 Å². The van der Waals surface area contributed by atoms with E-state index in [-0.39, 0.29) is 6.42 Å². The normalized spacial score (nSPS) is 11.6. The van der Waals surface area contributed by atoms with Crippen molar-refractivity contribution in [3.8, 4) is 0 Å². The molecule has 4 heteroatoms. The Morgan fingerprint density at radius 2 is 2.46 bits per heavy atom. The number of nitrogens with zero attached hydrogens (tertiary/aromatic N) is 1. The van der Waals surface area contributed by atoms with Crippen LogP contribution in [0.4, 0.5) is 0 Å². The third-order valence-electron chi connectivity index (χ3n) is 1.66. The van der Waals surface area contributed by atoms with Crippen molar-refractivity contribution in [1.82, 2.24) is 4.98 Å². The zero-order valence-electron chi connectivity index (χ0n) is 7.45. The van der Waals surface area contributed by atoms with Crippen molar-refractivity contribution in [2.24, 2.45) is 4.99 Å². The molecule has 0 spiro atoms. The average Bonchev–Trinajstić information content (AvgIpc) is 2.55. The highest BCUT2D eigenvalue weighted by atomic mass is 16.4. The number of H-pyrrole nitrogens is 1. The average molecular weight is 180 g/mol. The van der Waals surface area contributed by atoms with Crippen molar-refractivity contribution >= 4 is 11.7 Å². The maximum absolute atomic E-state index is 10.2. The minimum atomic E-state index is -0.817. The molecule has 0 bridgehead atoms. The molecule has 0 aliphatic rings. The number of nitrogens with one attached hydrogen (secondary N) is 1. The Labute approximate surface area is 76.3 Å². The lowest BCUT2D eigenvalue weighted by atomic mass is 10.3. The van der Waals surface area contributed by atoms with E-state index in [1.54, 1.807) is 0 Å². The minimum absolute atomic E-state index is 0.0814. The molecule has 1 aromatic heterocycles. The van der Waals surface area contributed by atoms with E-state index in [1.165, 1.54) is 0 Å². The van der Waals surface area contributed by atoms with Gasteiger partial charge in [0.2, 0.25) is 0 Å². The minimum Gasteiger partial charge on any atom is -0.481 e. The monoisotopic (exact) mass is 180 g/mol. The van der Waals surface area contributed by atoms with Gasteiger partial charge in [-0.1, -0.05) is 0 Å². The van der Waals surface area contributed by atoms with Gasteiger partial charge >= 0.3 is 5.97 Å². The van der Waals surface area contributed by atoms with Gasteiger partial charge in [-0.3, -0.25) is 9.79 Å². The fourth-order valence-electron chi connectivity index (χ4n) is 0.960. The lowest BCUT2D eigenvalue weighted by Gasteiger charge is -1.95. The largest absolute Gasteiger partial charge is 0.481 e. The van der Waals surface area contributed by atoms with E-state index >= 15 is 0 Å². The smallest absolute Gasteiger partial charge is 0.305 e. The first-order valence-electron chi connectivity index (χ1n) is 4.07. The first-order valence-corrected chi connectivity index (χ1v) is 4.07. The Morgan fingerprint density at radius 1 is 1.69 bits per heavy atom. The summed E-state index contributed by atoms with van der Waals surface area (Å²) in [5.74, 6) is -0.817. The number of aromatic nitrogens is 1. The van der Waals surface area contributed by atoms with Crippen LogP contribution in [0.25, 0.3) is 0 Å². The zero-order chi connectivity index (χ0) is 9.68. The number of aromatic amines is 1. The molecule has 0 saturated carbocycles. The highest BCUT2D eigenvalue weighted by molar-refractivity contribution is 5.97. The summed E-state index contributed by atoms with van der Waals surface area (Å²) in [6.45, 7) is 2.19. The number of carboxylic acids is 1. The third kappa shape index (κ3) is 3.11. The number of aliphatic carboxylic acids is 1. The van der Waals surface area contributed by atoms with Crippen LogP contribution in [0, 0.1) is 0 Å². The summed E-state index contributed by atoms with van der Waals surface area (Å²) >= 11 is 0. The molecule has 70 valence electrons. The molecule has 0 radical (unpaired) electrons. The van der Waals surface area contributed by atoms with E-state index in [2.05, 4.69) is 9.98 Å². The Kier molecular flexibility index (Phi) is 3.25. The van der Waals surface area contributed by atoms with E-state index in [0.717, 1.165) is 11.4 Å². The first kappa shape index (κ1) is 9.51. The summed E-state index contributed by atoms with van der Waals surface area (Å²) in [7, 11) is 0. The van der Waals surface area contributed by atoms with Crippen LogP contribution < -0.4 is 0 Å². The van der Waals surface area contributed by atoms with Crippen LogP contribution in [-0.2, 0) is 4.79 Å². The van der Waals surface area contributed by atoms with Crippen LogP contribution in [0.3, 0.4) is 0 Å². The van der Waals surface area contributed by atoms with Gasteiger partial charge in [-0.15, -0.1) is 0 Å². The maximum atomic E-state index is 10.2. The van der Waals surface area contributed by atoms with E-state index in [9.17, 15) is 4.79 Å². The SMILES string of the molecule is CC(=NCCC(=O)O)c1ccc[nH]1. The van der Waals surface area contributed by atoms with Crippen LogP contribution in [0.5, 0.6) is 0 Å². The summed E-state index contributed by atoms with van der Waals surface area (Å²) in [6, 6.07) is 3.78. The van der Waals surface area contributed by atoms with Gasteiger partial charge < -0.3 is 10.1 Å². The molecule has 0 aliphatic heterocycles. The van der Waals surface area contributed by atoms with Crippen LogP contribution in [0.2, 0.25) is 0 Å². The second-order valence-electron chi connectivity index (χ2n) is 2.69. The summed E-state index contributed by atoms with van der Waals surface area (Å²) in [5.41, 5.74) is 1.77. The van der Waals surface area contributed by atoms with Gasteiger partial charge in [-0.25, -0.2) is 0 Å². The molecule has 0 atom stereocenters. The van der Waals surface area contributed by atoms with Crippen molar-refractivity contribution in [2.75, 3.05) is 6.54 Å². The number of hydrogen-bond acceptors (Lipinski definition) is 2. The van der Waals surface area contributed by atoms with Gasteiger partial charge in [0.15, 0.2) is 0 Å². The van der Waals surface area contributed by atoms with Gasteiger partial charge in [-0.05, 0) is 19.1 Å². The van der Waals surface area contributed by atoms with Crippen LogP contribution in [0.1, 0.15) is 19.0 Å². The summed E-state index contributed by atoms with van der Waals surface area (Å²) < 4.78 is 0. The molecule has 0 saturated heterocycles. The highest BCUT2D eigenvalue weighted by Gasteiger charge is 1.97.